The van der Waals surface area contributed by atoms with Crippen molar-refractivity contribution in [1.82, 2.24) is 0 Å². The lowest BCUT2D eigenvalue weighted by Crippen LogP contribution is -2.15. The van der Waals surface area contributed by atoms with Crippen molar-refractivity contribution in [1.29, 1.82) is 0 Å². The molecule has 0 saturated carbocycles. The van der Waals surface area contributed by atoms with Crippen molar-refractivity contribution in [3.63, 3.8) is 0 Å². The molecule has 0 spiro atoms. The Morgan fingerprint density at radius 3 is 2.50 bits per heavy atom. The van der Waals surface area contributed by atoms with Gasteiger partial charge in [-0.15, -0.1) is 0 Å². The summed E-state index contributed by atoms with van der Waals surface area (Å²) in [5.74, 6) is 0.217. The van der Waals surface area contributed by atoms with Gasteiger partial charge in [-0.3, -0.25) is 4.79 Å². The summed E-state index contributed by atoms with van der Waals surface area (Å²) in [7, 11) is 0. The summed E-state index contributed by atoms with van der Waals surface area (Å²) >= 11 is 0. The maximum Gasteiger partial charge on any atom is 0.308 e. The van der Waals surface area contributed by atoms with Crippen LogP contribution in [0.2, 0.25) is 0 Å². The molecule has 0 fully saturated rings. The fraction of sp³-hybridized carbons (Fsp3) is 0.909. The highest BCUT2D eigenvalue weighted by Crippen LogP contribution is 2.13. The molecule has 14 heavy (non-hydrogen) atoms. The molecule has 3 nitrogen and oxygen atoms in total. The van der Waals surface area contributed by atoms with E-state index in [1.807, 2.05) is 20.8 Å². The molecule has 2 unspecified atom stereocenters. The Bertz CT molecular complexity index is 157. The molecule has 3 heteroatoms. The van der Waals surface area contributed by atoms with Gasteiger partial charge in [-0.25, -0.2) is 0 Å². The van der Waals surface area contributed by atoms with Crippen LogP contribution in [-0.2, 0) is 9.53 Å². The first-order valence-corrected chi connectivity index (χ1v) is 5.39. The highest BCUT2D eigenvalue weighted by molar-refractivity contribution is 5.71. The van der Waals surface area contributed by atoms with Gasteiger partial charge in [-0.05, 0) is 25.7 Å². The fourth-order valence-corrected chi connectivity index (χ4v) is 1.27. The second kappa shape index (κ2) is 7.80. The molecule has 2 atom stereocenters. The zero-order valence-corrected chi connectivity index (χ0v) is 9.45. The van der Waals surface area contributed by atoms with Crippen LogP contribution in [0.25, 0.3) is 0 Å². The minimum atomic E-state index is -0.107. The molecular weight excluding hydrogens is 180 g/mol. The minimum Gasteiger partial charge on any atom is -0.466 e. The van der Waals surface area contributed by atoms with Gasteiger partial charge in [-0.2, -0.15) is 0 Å². The highest BCUT2D eigenvalue weighted by atomic mass is 16.5. The number of rotatable bonds is 7. The first-order chi connectivity index (χ1) is 6.61. The number of carbonyl (C=O) groups excluding carboxylic acids is 1. The molecule has 0 amide bonds. The molecule has 0 aromatic rings. The molecule has 0 radical (unpaired) electrons. The van der Waals surface area contributed by atoms with Gasteiger partial charge in [0, 0.05) is 6.61 Å². The molecule has 0 bridgehead atoms. The van der Waals surface area contributed by atoms with Gasteiger partial charge in [-0.1, -0.05) is 20.3 Å². The molecule has 0 aliphatic carbocycles. The van der Waals surface area contributed by atoms with E-state index in [2.05, 4.69) is 0 Å². The average Bonchev–Trinajstić information content (AvgIpc) is 2.17. The number of ether oxygens (including phenoxy) is 1. The van der Waals surface area contributed by atoms with Gasteiger partial charge in [0.25, 0.3) is 0 Å². The van der Waals surface area contributed by atoms with Crippen LogP contribution in [0.3, 0.4) is 0 Å². The number of aliphatic hydroxyl groups excluding tert-OH is 1. The lowest BCUT2D eigenvalue weighted by Gasteiger charge is -2.11. The normalized spacial score (nSPS) is 14.9. The van der Waals surface area contributed by atoms with E-state index in [1.54, 1.807) is 0 Å². The molecule has 0 rings (SSSR count). The van der Waals surface area contributed by atoms with Crippen molar-refractivity contribution >= 4 is 5.97 Å². The van der Waals surface area contributed by atoms with Gasteiger partial charge in [0.1, 0.15) is 0 Å². The van der Waals surface area contributed by atoms with Gasteiger partial charge in [0.2, 0.25) is 0 Å². The summed E-state index contributed by atoms with van der Waals surface area (Å²) in [4.78, 5) is 11.2. The van der Waals surface area contributed by atoms with E-state index < -0.39 is 0 Å². The minimum absolute atomic E-state index is 0.0131. The van der Waals surface area contributed by atoms with E-state index >= 15 is 0 Å². The number of aliphatic hydroxyl groups is 1. The Morgan fingerprint density at radius 1 is 1.36 bits per heavy atom. The number of carbonyl (C=O) groups is 1. The second-order valence-electron chi connectivity index (χ2n) is 3.87. The van der Waals surface area contributed by atoms with Crippen molar-refractivity contribution < 1.29 is 14.6 Å². The summed E-state index contributed by atoms with van der Waals surface area (Å²) < 4.78 is 4.90. The zero-order chi connectivity index (χ0) is 11.0. The Balaban J connectivity index is 3.52. The second-order valence-corrected chi connectivity index (χ2v) is 3.87. The molecule has 0 aliphatic heterocycles. The molecule has 84 valence electrons. The molecule has 0 aromatic carbocycles. The van der Waals surface area contributed by atoms with Gasteiger partial charge in [0.15, 0.2) is 0 Å². The van der Waals surface area contributed by atoms with Crippen LogP contribution in [0.15, 0.2) is 0 Å². The van der Waals surface area contributed by atoms with E-state index in [4.69, 9.17) is 9.84 Å². The lowest BCUT2D eigenvalue weighted by atomic mass is 9.99. The van der Waals surface area contributed by atoms with E-state index in [9.17, 15) is 4.79 Å². The van der Waals surface area contributed by atoms with Crippen LogP contribution in [0.5, 0.6) is 0 Å². The average molecular weight is 202 g/mol. The standard InChI is InChI=1S/C11H22O3/c1-4-14-11(13)10(3)7-5-6-9(2)8-12/h9-10,12H,4-8H2,1-3H3. The molecular formula is C11H22O3. The Morgan fingerprint density at radius 2 is 2.00 bits per heavy atom. The van der Waals surface area contributed by atoms with Crippen LogP contribution < -0.4 is 0 Å². The summed E-state index contributed by atoms with van der Waals surface area (Å²) in [6, 6.07) is 0. The van der Waals surface area contributed by atoms with Gasteiger partial charge >= 0.3 is 5.97 Å². The smallest absolute Gasteiger partial charge is 0.308 e. The largest absolute Gasteiger partial charge is 0.466 e. The SMILES string of the molecule is CCOC(=O)C(C)CCCC(C)CO. The van der Waals surface area contributed by atoms with E-state index in [0.717, 1.165) is 19.3 Å². The van der Waals surface area contributed by atoms with Crippen molar-refractivity contribution in [3.05, 3.63) is 0 Å². The lowest BCUT2D eigenvalue weighted by molar-refractivity contribution is -0.147. The summed E-state index contributed by atoms with van der Waals surface area (Å²) in [6.45, 7) is 6.40. The van der Waals surface area contributed by atoms with Crippen LogP contribution in [0, 0.1) is 11.8 Å². The summed E-state index contributed by atoms with van der Waals surface area (Å²) in [5.41, 5.74) is 0. The van der Waals surface area contributed by atoms with E-state index in [0.29, 0.717) is 12.5 Å². The third kappa shape index (κ3) is 5.97. The van der Waals surface area contributed by atoms with Crippen molar-refractivity contribution in [2.75, 3.05) is 13.2 Å². The van der Waals surface area contributed by atoms with Crippen molar-refractivity contribution in [2.24, 2.45) is 11.8 Å². The van der Waals surface area contributed by atoms with Crippen molar-refractivity contribution in [2.45, 2.75) is 40.0 Å². The molecule has 0 saturated heterocycles. The van der Waals surface area contributed by atoms with Crippen LogP contribution in [-0.4, -0.2) is 24.3 Å². The zero-order valence-electron chi connectivity index (χ0n) is 9.45. The monoisotopic (exact) mass is 202 g/mol. The first kappa shape index (κ1) is 13.4. The van der Waals surface area contributed by atoms with Crippen LogP contribution in [0.1, 0.15) is 40.0 Å². The molecule has 0 heterocycles. The Kier molecular flexibility index (Phi) is 7.48. The van der Waals surface area contributed by atoms with Crippen LogP contribution in [0.4, 0.5) is 0 Å². The van der Waals surface area contributed by atoms with E-state index in [-0.39, 0.29) is 18.5 Å². The third-order valence-electron chi connectivity index (χ3n) is 2.33. The highest BCUT2D eigenvalue weighted by Gasteiger charge is 2.13. The Labute approximate surface area is 86.5 Å². The maximum atomic E-state index is 11.2. The van der Waals surface area contributed by atoms with Crippen molar-refractivity contribution in [3.8, 4) is 0 Å². The van der Waals surface area contributed by atoms with Gasteiger partial charge in [0.05, 0.1) is 12.5 Å². The number of hydrogen-bond acceptors (Lipinski definition) is 3. The molecule has 1 N–H and O–H groups in total. The van der Waals surface area contributed by atoms with Crippen LogP contribution >= 0.6 is 0 Å². The first-order valence-electron chi connectivity index (χ1n) is 5.39. The Hall–Kier alpha value is -0.570. The summed E-state index contributed by atoms with van der Waals surface area (Å²) in [6.07, 6.45) is 2.80. The maximum absolute atomic E-state index is 11.2. The number of esters is 1. The topological polar surface area (TPSA) is 46.5 Å². The van der Waals surface area contributed by atoms with E-state index in [1.165, 1.54) is 0 Å². The third-order valence-corrected chi connectivity index (χ3v) is 2.33. The molecule has 0 aromatic heterocycles. The summed E-state index contributed by atoms with van der Waals surface area (Å²) in [5, 5.41) is 8.80. The quantitative estimate of drug-likeness (QED) is 0.642. The predicted molar refractivity (Wildman–Crippen MR) is 55.9 cm³/mol. The molecule has 0 aliphatic rings. The van der Waals surface area contributed by atoms with Gasteiger partial charge < -0.3 is 9.84 Å². The fourth-order valence-electron chi connectivity index (χ4n) is 1.27. The number of hydrogen-bond donors (Lipinski definition) is 1. The predicted octanol–water partition coefficient (Wildman–Crippen LogP) is 1.98.